The van der Waals surface area contributed by atoms with E-state index in [1.807, 2.05) is 30.5 Å². The Morgan fingerprint density at radius 2 is 2.04 bits per heavy atom. The van der Waals surface area contributed by atoms with Crippen LogP contribution in [0.2, 0.25) is 0 Å². The summed E-state index contributed by atoms with van der Waals surface area (Å²) in [6.45, 7) is 2.69. The van der Waals surface area contributed by atoms with Crippen LogP contribution in [0.5, 0.6) is 0 Å². The van der Waals surface area contributed by atoms with Gasteiger partial charge in [-0.05, 0) is 58.2 Å². The lowest BCUT2D eigenvalue weighted by atomic mass is 10.2. The molecule has 0 aliphatic heterocycles. The molecule has 2 aromatic heterocycles. The second-order valence-electron chi connectivity index (χ2n) is 5.09. The van der Waals surface area contributed by atoms with Gasteiger partial charge in [-0.2, -0.15) is 4.98 Å². The third kappa shape index (κ3) is 4.26. The quantitative estimate of drug-likeness (QED) is 0.701. The van der Waals surface area contributed by atoms with E-state index in [1.165, 1.54) is 5.56 Å². The second-order valence-corrected chi connectivity index (χ2v) is 5.94. The van der Waals surface area contributed by atoms with Crippen molar-refractivity contribution in [3.05, 3.63) is 70.6 Å². The van der Waals surface area contributed by atoms with Crippen LogP contribution in [0.4, 0.5) is 17.5 Å². The molecule has 2 heterocycles. The van der Waals surface area contributed by atoms with Crippen molar-refractivity contribution < 1.29 is 0 Å². The normalized spacial score (nSPS) is 10.3. The Morgan fingerprint density at radius 3 is 2.83 bits per heavy atom. The van der Waals surface area contributed by atoms with Crippen LogP contribution in [0, 0.1) is 6.92 Å². The van der Waals surface area contributed by atoms with Gasteiger partial charge in [-0.3, -0.25) is 4.98 Å². The zero-order valence-corrected chi connectivity index (χ0v) is 14.2. The van der Waals surface area contributed by atoms with E-state index >= 15 is 0 Å². The van der Waals surface area contributed by atoms with Crippen LogP contribution in [-0.4, -0.2) is 15.0 Å². The van der Waals surface area contributed by atoms with E-state index in [0.717, 1.165) is 21.5 Å². The number of hydrogen-bond donors (Lipinski definition) is 2. The topological polar surface area (TPSA) is 62.7 Å². The molecule has 0 amide bonds. The van der Waals surface area contributed by atoms with Crippen LogP contribution >= 0.6 is 15.9 Å². The molecule has 0 saturated heterocycles. The lowest BCUT2D eigenvalue weighted by Crippen LogP contribution is -2.05. The molecule has 0 saturated carbocycles. The van der Waals surface area contributed by atoms with Crippen molar-refractivity contribution in [3.8, 4) is 0 Å². The van der Waals surface area contributed by atoms with E-state index in [2.05, 4.69) is 60.6 Å². The predicted octanol–water partition coefficient (Wildman–Crippen LogP) is 4.30. The van der Waals surface area contributed by atoms with Crippen LogP contribution in [0.3, 0.4) is 0 Å². The molecule has 0 aliphatic carbocycles. The number of aromatic nitrogens is 3. The van der Waals surface area contributed by atoms with E-state index in [0.29, 0.717) is 12.5 Å². The standard InChI is InChI=1S/C17H16BrN5/c1-12-4-5-15(14(18)9-12)22-16-6-8-20-17(23-16)21-11-13-3-2-7-19-10-13/h2-10H,11H2,1H3,(H2,20,21,22,23). The molecule has 3 aromatic rings. The van der Waals surface area contributed by atoms with Crippen molar-refractivity contribution in [2.24, 2.45) is 0 Å². The minimum atomic E-state index is 0.571. The van der Waals surface area contributed by atoms with Crippen LogP contribution in [-0.2, 0) is 6.54 Å². The molecule has 23 heavy (non-hydrogen) atoms. The summed E-state index contributed by atoms with van der Waals surface area (Å²) in [6, 6.07) is 11.9. The van der Waals surface area contributed by atoms with Crippen molar-refractivity contribution in [1.29, 1.82) is 0 Å². The average molecular weight is 370 g/mol. The van der Waals surface area contributed by atoms with Crippen molar-refractivity contribution in [2.75, 3.05) is 10.6 Å². The molecule has 0 atom stereocenters. The van der Waals surface area contributed by atoms with E-state index in [1.54, 1.807) is 12.4 Å². The molecular formula is C17H16BrN5. The molecule has 0 unspecified atom stereocenters. The first kappa shape index (κ1) is 15.4. The number of benzene rings is 1. The third-order valence-electron chi connectivity index (χ3n) is 3.22. The highest BCUT2D eigenvalue weighted by Crippen LogP contribution is 2.26. The molecule has 6 heteroatoms. The Morgan fingerprint density at radius 1 is 1.13 bits per heavy atom. The first-order chi connectivity index (χ1) is 11.2. The molecule has 2 N–H and O–H groups in total. The van der Waals surface area contributed by atoms with Gasteiger partial charge in [-0.1, -0.05) is 12.1 Å². The van der Waals surface area contributed by atoms with Gasteiger partial charge in [-0.25, -0.2) is 4.98 Å². The lowest BCUT2D eigenvalue weighted by molar-refractivity contribution is 1.04. The minimum Gasteiger partial charge on any atom is -0.350 e. The summed E-state index contributed by atoms with van der Waals surface area (Å²) < 4.78 is 1.00. The molecule has 0 aliphatic rings. The Bertz CT molecular complexity index is 792. The van der Waals surface area contributed by atoms with Crippen LogP contribution in [0.25, 0.3) is 0 Å². The fraction of sp³-hybridized carbons (Fsp3) is 0.118. The van der Waals surface area contributed by atoms with Crippen molar-refractivity contribution in [3.63, 3.8) is 0 Å². The monoisotopic (exact) mass is 369 g/mol. The van der Waals surface area contributed by atoms with Gasteiger partial charge in [0.25, 0.3) is 0 Å². The van der Waals surface area contributed by atoms with Crippen molar-refractivity contribution >= 4 is 33.4 Å². The molecule has 0 bridgehead atoms. The fourth-order valence-electron chi connectivity index (χ4n) is 2.06. The largest absolute Gasteiger partial charge is 0.350 e. The number of anilines is 3. The van der Waals surface area contributed by atoms with E-state index in [-0.39, 0.29) is 0 Å². The van der Waals surface area contributed by atoms with Gasteiger partial charge in [-0.15, -0.1) is 0 Å². The van der Waals surface area contributed by atoms with Gasteiger partial charge in [0, 0.05) is 29.6 Å². The summed E-state index contributed by atoms with van der Waals surface area (Å²) >= 11 is 3.56. The molecule has 5 nitrogen and oxygen atoms in total. The highest BCUT2D eigenvalue weighted by atomic mass is 79.9. The van der Waals surface area contributed by atoms with E-state index < -0.39 is 0 Å². The predicted molar refractivity (Wildman–Crippen MR) is 95.8 cm³/mol. The second kappa shape index (κ2) is 7.19. The SMILES string of the molecule is Cc1ccc(Nc2ccnc(NCc3cccnc3)n2)c(Br)c1. The van der Waals surface area contributed by atoms with Crippen LogP contribution in [0.1, 0.15) is 11.1 Å². The maximum atomic E-state index is 4.47. The molecule has 3 rings (SSSR count). The Kier molecular flexibility index (Phi) is 4.83. The van der Waals surface area contributed by atoms with Gasteiger partial charge in [0.1, 0.15) is 5.82 Å². The van der Waals surface area contributed by atoms with Crippen molar-refractivity contribution in [1.82, 2.24) is 15.0 Å². The first-order valence-electron chi connectivity index (χ1n) is 7.20. The molecule has 0 fully saturated rings. The Hall–Kier alpha value is -2.47. The average Bonchev–Trinajstić information content (AvgIpc) is 2.57. The number of pyridine rings is 1. The van der Waals surface area contributed by atoms with Gasteiger partial charge in [0.15, 0.2) is 0 Å². The molecule has 0 spiro atoms. The molecule has 0 radical (unpaired) electrons. The Balaban J connectivity index is 1.69. The number of halogens is 1. The smallest absolute Gasteiger partial charge is 0.224 e. The highest BCUT2D eigenvalue weighted by Gasteiger charge is 2.03. The van der Waals surface area contributed by atoms with E-state index in [9.17, 15) is 0 Å². The summed E-state index contributed by atoms with van der Waals surface area (Å²) in [6.07, 6.45) is 5.30. The molecule has 116 valence electrons. The van der Waals surface area contributed by atoms with Gasteiger partial charge >= 0.3 is 0 Å². The van der Waals surface area contributed by atoms with Crippen LogP contribution < -0.4 is 10.6 Å². The fourth-order valence-corrected chi connectivity index (χ4v) is 2.65. The number of rotatable bonds is 5. The maximum absolute atomic E-state index is 4.47. The first-order valence-corrected chi connectivity index (χ1v) is 7.99. The van der Waals surface area contributed by atoms with Crippen LogP contribution in [0.15, 0.2) is 59.5 Å². The van der Waals surface area contributed by atoms with Crippen molar-refractivity contribution in [2.45, 2.75) is 13.5 Å². The van der Waals surface area contributed by atoms with Gasteiger partial charge in [0.2, 0.25) is 5.95 Å². The highest BCUT2D eigenvalue weighted by molar-refractivity contribution is 9.10. The summed E-state index contributed by atoms with van der Waals surface area (Å²) in [5, 5.41) is 6.48. The van der Waals surface area contributed by atoms with E-state index in [4.69, 9.17) is 0 Å². The molecular weight excluding hydrogens is 354 g/mol. The zero-order valence-electron chi connectivity index (χ0n) is 12.6. The lowest BCUT2D eigenvalue weighted by Gasteiger charge is -2.10. The number of nitrogens with zero attached hydrogens (tertiary/aromatic N) is 3. The summed E-state index contributed by atoms with van der Waals surface area (Å²) in [5.41, 5.74) is 3.24. The zero-order chi connectivity index (χ0) is 16.1. The Labute approximate surface area is 143 Å². The summed E-state index contributed by atoms with van der Waals surface area (Å²) in [7, 11) is 0. The number of nitrogens with one attached hydrogen (secondary N) is 2. The minimum absolute atomic E-state index is 0.571. The number of aryl methyl sites for hydroxylation is 1. The number of hydrogen-bond acceptors (Lipinski definition) is 5. The van der Waals surface area contributed by atoms with Gasteiger partial charge in [0.05, 0.1) is 5.69 Å². The molecule has 1 aromatic carbocycles. The third-order valence-corrected chi connectivity index (χ3v) is 3.87. The summed E-state index contributed by atoms with van der Waals surface area (Å²) in [5.74, 6) is 1.31. The summed E-state index contributed by atoms with van der Waals surface area (Å²) in [4.78, 5) is 12.8. The van der Waals surface area contributed by atoms with Gasteiger partial charge < -0.3 is 10.6 Å². The maximum Gasteiger partial charge on any atom is 0.224 e.